The first-order valence-electron chi connectivity index (χ1n) is 3.98. The Hall–Kier alpha value is -0.390. The predicted octanol–water partition coefficient (Wildman–Crippen LogP) is 2.67. The molecule has 0 radical (unpaired) electrons. The molecule has 0 unspecified atom stereocenters. The van der Waals surface area contributed by atoms with Gasteiger partial charge in [0, 0.05) is 11.6 Å². The first kappa shape index (κ1) is 17.0. The van der Waals surface area contributed by atoms with Crippen LogP contribution in [0.15, 0.2) is 12.8 Å². The number of halogens is 1. The molecule has 1 N–H and O–H groups in total. The van der Waals surface area contributed by atoms with Crippen molar-refractivity contribution in [2.24, 2.45) is 0 Å². The molecule has 0 heterocycles. The number of phosphoric ester groups is 1. The van der Waals surface area contributed by atoms with Crippen LogP contribution in [0.4, 0.5) is 4.79 Å². The van der Waals surface area contributed by atoms with Crippen LogP contribution >= 0.6 is 19.4 Å². The zero-order chi connectivity index (χ0) is 12.3. The molecule has 0 aromatic heterocycles. The van der Waals surface area contributed by atoms with E-state index in [2.05, 4.69) is 32.0 Å². The fraction of sp³-hybridized carbons (Fsp3) is 0.571. The average Bonchev–Trinajstić information content (AvgIpc) is 2.03. The van der Waals surface area contributed by atoms with Crippen LogP contribution in [0.25, 0.3) is 0 Å². The molecular formula is C7H14ClO6P. The molecule has 0 atom stereocenters. The van der Waals surface area contributed by atoms with Gasteiger partial charge in [-0.1, -0.05) is 6.58 Å². The van der Waals surface area contributed by atoms with Gasteiger partial charge in [-0.25, -0.2) is 9.36 Å². The van der Waals surface area contributed by atoms with Crippen molar-refractivity contribution >= 4 is 24.9 Å². The van der Waals surface area contributed by atoms with Crippen molar-refractivity contribution < 1.29 is 28.0 Å². The Labute approximate surface area is 93.4 Å². The third kappa shape index (κ3) is 16.3. The van der Waals surface area contributed by atoms with Gasteiger partial charge >= 0.3 is 13.3 Å². The number of phosphoric acid groups is 1. The van der Waals surface area contributed by atoms with Crippen molar-refractivity contribution in [1.82, 2.24) is 0 Å². The van der Waals surface area contributed by atoms with E-state index in [1.807, 2.05) is 0 Å². The van der Waals surface area contributed by atoms with Gasteiger partial charge in [0.25, 0.3) is 0 Å². The highest BCUT2D eigenvalue weighted by atomic mass is 35.5. The summed E-state index contributed by atoms with van der Waals surface area (Å²) in [6, 6.07) is 0. The molecule has 0 aliphatic rings. The summed E-state index contributed by atoms with van der Waals surface area (Å²) in [5.41, 5.74) is -0.856. The van der Waals surface area contributed by atoms with Crippen LogP contribution in [0, 0.1) is 0 Å². The summed E-state index contributed by atoms with van der Waals surface area (Å²) in [5, 5.41) is 0. The Kier molecular flexibility index (Phi) is 11.5. The standard InChI is InChI=1S/C4H11O4P.C3H3ClO2/c1-3-7-9(5,6)8-4-2;1-2-6-3(4)5/h3-4H2,1-2H3,(H,5,6);2H,1H2. The Morgan fingerprint density at radius 1 is 1.47 bits per heavy atom. The molecular weight excluding hydrogens is 246 g/mol. The smallest absolute Gasteiger partial charge is 0.423 e. The van der Waals surface area contributed by atoms with E-state index < -0.39 is 13.3 Å². The summed E-state index contributed by atoms with van der Waals surface area (Å²) >= 11 is 4.65. The molecule has 0 amide bonds. The SMILES string of the molecule is C=COC(=O)Cl.CCOP(=O)(O)OCC. The van der Waals surface area contributed by atoms with Gasteiger partial charge in [0.2, 0.25) is 0 Å². The Morgan fingerprint density at radius 3 is 2.00 bits per heavy atom. The lowest BCUT2D eigenvalue weighted by Crippen LogP contribution is -1.93. The minimum absolute atomic E-state index is 0.188. The van der Waals surface area contributed by atoms with Gasteiger partial charge in [-0.3, -0.25) is 9.05 Å². The summed E-state index contributed by atoms with van der Waals surface area (Å²) in [7, 11) is -3.69. The number of hydrogen-bond acceptors (Lipinski definition) is 5. The van der Waals surface area contributed by atoms with E-state index in [0.29, 0.717) is 0 Å². The van der Waals surface area contributed by atoms with Crippen molar-refractivity contribution in [2.45, 2.75) is 13.8 Å². The maximum absolute atomic E-state index is 10.5. The Morgan fingerprint density at radius 2 is 1.87 bits per heavy atom. The van der Waals surface area contributed by atoms with Crippen molar-refractivity contribution in [3.05, 3.63) is 12.8 Å². The average molecular weight is 261 g/mol. The topological polar surface area (TPSA) is 82.1 Å². The van der Waals surface area contributed by atoms with Gasteiger partial charge in [0.1, 0.15) is 0 Å². The van der Waals surface area contributed by atoms with Crippen LogP contribution in [0.3, 0.4) is 0 Å². The van der Waals surface area contributed by atoms with Crippen LogP contribution in [0.2, 0.25) is 0 Å². The Bertz CT molecular complexity index is 222. The number of rotatable bonds is 5. The van der Waals surface area contributed by atoms with Crippen LogP contribution in [0.5, 0.6) is 0 Å². The predicted molar refractivity (Wildman–Crippen MR) is 55.6 cm³/mol. The van der Waals surface area contributed by atoms with Crippen LogP contribution in [0.1, 0.15) is 13.8 Å². The van der Waals surface area contributed by atoms with E-state index in [4.69, 9.17) is 4.89 Å². The first-order valence-corrected chi connectivity index (χ1v) is 5.85. The van der Waals surface area contributed by atoms with Crippen molar-refractivity contribution in [3.8, 4) is 0 Å². The van der Waals surface area contributed by atoms with Crippen LogP contribution < -0.4 is 0 Å². The second kappa shape index (κ2) is 10.1. The molecule has 0 fully saturated rings. The minimum atomic E-state index is -3.69. The van der Waals surface area contributed by atoms with E-state index in [-0.39, 0.29) is 13.2 Å². The number of ether oxygens (including phenoxy) is 1. The summed E-state index contributed by atoms with van der Waals surface area (Å²) in [6.45, 7) is 6.70. The number of carbonyl (C=O) groups excluding carboxylic acids is 1. The van der Waals surface area contributed by atoms with E-state index in [0.717, 1.165) is 6.26 Å². The minimum Gasteiger partial charge on any atom is -0.423 e. The summed E-state index contributed by atoms with van der Waals surface area (Å²) in [4.78, 5) is 18.1. The molecule has 0 spiro atoms. The molecule has 0 saturated carbocycles. The van der Waals surface area contributed by atoms with Gasteiger partial charge in [-0.05, 0) is 13.8 Å². The van der Waals surface area contributed by atoms with Crippen molar-refractivity contribution in [2.75, 3.05) is 13.2 Å². The van der Waals surface area contributed by atoms with Gasteiger partial charge in [-0.2, -0.15) is 0 Å². The first-order chi connectivity index (χ1) is 6.89. The fourth-order valence-electron chi connectivity index (χ4n) is 0.429. The molecule has 0 aliphatic heterocycles. The lowest BCUT2D eigenvalue weighted by atomic mass is 10.9. The normalized spacial score (nSPS) is 9.87. The lowest BCUT2D eigenvalue weighted by molar-refractivity contribution is 0.161. The van der Waals surface area contributed by atoms with E-state index in [1.54, 1.807) is 13.8 Å². The van der Waals surface area contributed by atoms with Gasteiger partial charge in [0.15, 0.2) is 0 Å². The highest BCUT2D eigenvalue weighted by molar-refractivity contribution is 7.47. The molecule has 0 rings (SSSR count). The highest BCUT2D eigenvalue weighted by Gasteiger charge is 2.17. The summed E-state index contributed by atoms with van der Waals surface area (Å²) < 4.78 is 23.2. The van der Waals surface area contributed by atoms with Crippen LogP contribution in [-0.2, 0) is 18.3 Å². The monoisotopic (exact) mass is 260 g/mol. The third-order valence-electron chi connectivity index (χ3n) is 0.760. The third-order valence-corrected chi connectivity index (χ3v) is 2.02. The molecule has 0 aromatic rings. The molecule has 15 heavy (non-hydrogen) atoms. The quantitative estimate of drug-likeness (QED) is 0.465. The largest absolute Gasteiger partial charge is 0.472 e. The molecule has 90 valence electrons. The maximum atomic E-state index is 10.5. The second-order valence-corrected chi connectivity index (χ2v) is 3.59. The molecule has 0 saturated heterocycles. The highest BCUT2D eigenvalue weighted by Crippen LogP contribution is 2.42. The molecule has 6 nitrogen and oxygen atoms in total. The fourth-order valence-corrected chi connectivity index (χ4v) is 1.22. The Balaban J connectivity index is 0. The number of carbonyl (C=O) groups is 1. The molecule has 0 bridgehead atoms. The molecule has 8 heteroatoms. The zero-order valence-electron chi connectivity index (χ0n) is 8.51. The van der Waals surface area contributed by atoms with E-state index in [1.165, 1.54) is 0 Å². The second-order valence-electron chi connectivity index (χ2n) is 1.83. The lowest BCUT2D eigenvalue weighted by Gasteiger charge is -2.07. The molecule has 0 aliphatic carbocycles. The van der Waals surface area contributed by atoms with E-state index >= 15 is 0 Å². The summed E-state index contributed by atoms with van der Waals surface area (Å²) in [5.74, 6) is 0. The zero-order valence-corrected chi connectivity index (χ0v) is 10.2. The maximum Gasteiger partial charge on any atom is 0.472 e. The number of hydrogen-bond donors (Lipinski definition) is 1. The van der Waals surface area contributed by atoms with Crippen LogP contribution in [-0.4, -0.2) is 23.5 Å². The van der Waals surface area contributed by atoms with Gasteiger partial charge in [-0.15, -0.1) is 0 Å². The summed E-state index contributed by atoms with van der Waals surface area (Å²) in [6.07, 6.45) is 0.968. The van der Waals surface area contributed by atoms with E-state index in [9.17, 15) is 9.36 Å². The molecule has 0 aromatic carbocycles. The van der Waals surface area contributed by atoms with Crippen molar-refractivity contribution in [1.29, 1.82) is 0 Å². The van der Waals surface area contributed by atoms with Crippen molar-refractivity contribution in [3.63, 3.8) is 0 Å². The van der Waals surface area contributed by atoms with Gasteiger partial charge < -0.3 is 9.63 Å². The van der Waals surface area contributed by atoms with Gasteiger partial charge in [0.05, 0.1) is 19.5 Å².